The van der Waals surface area contributed by atoms with Crippen molar-refractivity contribution in [3.05, 3.63) is 129 Å². The average Bonchev–Trinajstić information content (AvgIpc) is 3.53. The van der Waals surface area contributed by atoms with Gasteiger partial charge in [0.1, 0.15) is 35.4 Å². The molecule has 13 nitrogen and oxygen atoms in total. The lowest BCUT2D eigenvalue weighted by molar-refractivity contribution is -0.101. The number of aromatic nitrogens is 2. The molecule has 0 spiro atoms. The molecule has 2 heterocycles. The van der Waals surface area contributed by atoms with Crippen LogP contribution in [0.4, 0.5) is 0 Å². The molecule has 1 aliphatic heterocycles. The second-order valence-corrected chi connectivity index (χ2v) is 17.3. The van der Waals surface area contributed by atoms with Gasteiger partial charge in [0.25, 0.3) is 14.1 Å². The second kappa shape index (κ2) is 20.1. The number of nitrogens with zero attached hydrogens (tertiary/aromatic N) is 3. The predicted molar refractivity (Wildman–Crippen MR) is 223 cm³/mol. The van der Waals surface area contributed by atoms with E-state index >= 15 is 0 Å². The van der Waals surface area contributed by atoms with E-state index in [1.165, 1.54) is 16.8 Å². The maximum absolute atomic E-state index is 13.5. The van der Waals surface area contributed by atoms with Crippen LogP contribution in [0.5, 0.6) is 11.5 Å². The van der Waals surface area contributed by atoms with E-state index in [9.17, 15) is 14.9 Å². The van der Waals surface area contributed by atoms with E-state index in [0.29, 0.717) is 18.1 Å². The zero-order valence-corrected chi connectivity index (χ0v) is 35.8. The highest BCUT2D eigenvalue weighted by atomic mass is 31.2. The fourth-order valence-corrected chi connectivity index (χ4v) is 8.79. The van der Waals surface area contributed by atoms with Crippen molar-refractivity contribution in [2.45, 2.75) is 97.1 Å². The first-order valence-electron chi connectivity index (χ1n) is 19.5. The largest absolute Gasteiger partial charge is 0.497 e. The molecule has 1 N–H and O–H groups in total. The number of ether oxygens (including phenoxy) is 5. The highest BCUT2D eigenvalue weighted by Crippen LogP contribution is 2.51. The highest BCUT2D eigenvalue weighted by Gasteiger charge is 2.52. The maximum atomic E-state index is 13.5. The summed E-state index contributed by atoms with van der Waals surface area (Å²) in [5, 5.41) is 9.44. The topological polar surface area (TPSA) is 147 Å². The molecule has 1 aromatic heterocycles. The Morgan fingerprint density at radius 3 is 1.91 bits per heavy atom. The van der Waals surface area contributed by atoms with E-state index in [-0.39, 0.29) is 37.1 Å². The molecule has 0 amide bonds. The van der Waals surface area contributed by atoms with Crippen LogP contribution < -0.4 is 20.7 Å². The molecule has 14 heteroatoms. The van der Waals surface area contributed by atoms with Crippen molar-refractivity contribution in [1.29, 1.82) is 5.26 Å². The molecule has 1 aliphatic rings. The van der Waals surface area contributed by atoms with E-state index in [4.69, 9.17) is 32.7 Å². The summed E-state index contributed by atoms with van der Waals surface area (Å²) in [6, 6.07) is 28.8. The number of hydrogen-bond acceptors (Lipinski definition) is 11. The SMILES string of the molecule is COc1ccc(C(OC[C@H]2O[C@@H](n3ccc(=O)[nH]c3=O)[C@H](OCC(C)(C)C)[C@@H]2OP(OCCC#N)N(C(C)C)C(C)C)(c2ccccc2)c2ccc(OC)cc2)cc1. The van der Waals surface area contributed by atoms with E-state index in [1.807, 2.05) is 78.9 Å². The van der Waals surface area contributed by atoms with Crippen LogP contribution in [-0.4, -0.2) is 78.7 Å². The van der Waals surface area contributed by atoms with Crippen LogP contribution >= 0.6 is 8.53 Å². The van der Waals surface area contributed by atoms with Crippen LogP contribution in [0.15, 0.2) is 101 Å². The van der Waals surface area contributed by atoms with Gasteiger partial charge < -0.3 is 32.7 Å². The number of methoxy groups -OCH3 is 2. The fraction of sp³-hybridized carbons (Fsp3) is 0.477. The molecule has 0 radical (unpaired) electrons. The molecule has 3 aromatic carbocycles. The average molecular weight is 817 g/mol. The van der Waals surface area contributed by atoms with Crippen molar-refractivity contribution in [1.82, 2.24) is 14.2 Å². The third-order valence-electron chi connectivity index (χ3n) is 9.63. The van der Waals surface area contributed by atoms with Crippen molar-refractivity contribution >= 4 is 8.53 Å². The van der Waals surface area contributed by atoms with Gasteiger partial charge in [-0.3, -0.25) is 14.3 Å². The smallest absolute Gasteiger partial charge is 0.330 e. The standard InChI is InChI=1S/C44H57N4O9P/c1-30(2)48(31(3)4)58(55-27-13-25-45)57-39-37(56-41(40(39)53-29-43(5,6)7)47-26-24-38(49)46-42(47)50)28-54-44(32-14-11-10-12-15-32,33-16-20-35(51-8)21-17-33)34-18-22-36(52-9)23-19-34/h10-12,14-24,26,30-31,37,39-41H,13,27-29H2,1-9H3,(H,46,49,50)/t37-,39-,40-,41-,58?/m1/s1. The van der Waals surface area contributed by atoms with Gasteiger partial charge in [0.15, 0.2) is 6.23 Å². The Morgan fingerprint density at radius 2 is 1.41 bits per heavy atom. The van der Waals surface area contributed by atoms with Crippen molar-refractivity contribution < 1.29 is 32.7 Å². The van der Waals surface area contributed by atoms with Gasteiger partial charge >= 0.3 is 5.69 Å². The highest BCUT2D eigenvalue weighted by molar-refractivity contribution is 7.44. The summed E-state index contributed by atoms with van der Waals surface area (Å²) >= 11 is 0. The summed E-state index contributed by atoms with van der Waals surface area (Å²) in [6.07, 6.45) is -2.03. The molecule has 5 atom stereocenters. The Balaban J connectivity index is 1.69. The molecule has 0 bridgehead atoms. The molecule has 312 valence electrons. The number of nitriles is 1. The predicted octanol–water partition coefficient (Wildman–Crippen LogP) is 7.55. The van der Waals surface area contributed by atoms with Crippen molar-refractivity contribution in [2.24, 2.45) is 5.41 Å². The Bertz CT molecular complexity index is 1990. The zero-order chi connectivity index (χ0) is 42.0. The normalized spacial score (nSPS) is 19.1. The lowest BCUT2D eigenvalue weighted by Gasteiger charge is -2.39. The fourth-order valence-electron chi connectivity index (χ4n) is 7.02. The van der Waals surface area contributed by atoms with Gasteiger partial charge in [0, 0.05) is 24.3 Å². The lowest BCUT2D eigenvalue weighted by Crippen LogP contribution is -2.44. The summed E-state index contributed by atoms with van der Waals surface area (Å²) in [7, 11) is 1.44. The maximum Gasteiger partial charge on any atom is 0.330 e. The Labute approximate surface area is 342 Å². The summed E-state index contributed by atoms with van der Waals surface area (Å²) in [6.45, 7) is 14.8. The number of benzene rings is 3. The minimum Gasteiger partial charge on any atom is -0.497 e. The minimum atomic E-state index is -1.81. The Kier molecular flexibility index (Phi) is 15.5. The minimum absolute atomic E-state index is 0.00708. The van der Waals surface area contributed by atoms with Crippen molar-refractivity contribution in [3.8, 4) is 17.6 Å². The van der Waals surface area contributed by atoms with Crippen LogP contribution in [0, 0.1) is 16.7 Å². The first-order chi connectivity index (χ1) is 27.7. The lowest BCUT2D eigenvalue weighted by atomic mass is 9.80. The van der Waals surface area contributed by atoms with Gasteiger partial charge in [-0.25, -0.2) is 9.46 Å². The van der Waals surface area contributed by atoms with Gasteiger partial charge in [0.05, 0.1) is 46.5 Å². The van der Waals surface area contributed by atoms with Crippen LogP contribution in [0.3, 0.4) is 0 Å². The van der Waals surface area contributed by atoms with Gasteiger partial charge in [-0.2, -0.15) is 5.26 Å². The van der Waals surface area contributed by atoms with Crippen molar-refractivity contribution in [3.63, 3.8) is 0 Å². The van der Waals surface area contributed by atoms with Gasteiger partial charge in [0.2, 0.25) is 0 Å². The van der Waals surface area contributed by atoms with Crippen LogP contribution in [0.25, 0.3) is 0 Å². The number of nitrogens with one attached hydrogen (secondary N) is 1. The zero-order valence-electron chi connectivity index (χ0n) is 34.9. The third-order valence-corrected chi connectivity index (χ3v) is 11.8. The summed E-state index contributed by atoms with van der Waals surface area (Å²) < 4.78 is 49.0. The van der Waals surface area contributed by atoms with Crippen LogP contribution in [0.1, 0.15) is 77.8 Å². The Morgan fingerprint density at radius 1 is 0.845 bits per heavy atom. The molecule has 4 aromatic rings. The van der Waals surface area contributed by atoms with Crippen LogP contribution in [-0.2, 0) is 28.9 Å². The molecule has 58 heavy (non-hydrogen) atoms. The van der Waals surface area contributed by atoms with E-state index in [1.54, 1.807) is 14.2 Å². The number of hydrogen-bond donors (Lipinski definition) is 1. The number of aromatic amines is 1. The van der Waals surface area contributed by atoms with Gasteiger partial charge in [-0.1, -0.05) is 75.4 Å². The summed E-state index contributed by atoms with van der Waals surface area (Å²) in [4.78, 5) is 28.1. The molecular weight excluding hydrogens is 759 g/mol. The molecular formula is C44H57N4O9P. The second-order valence-electron chi connectivity index (χ2n) is 15.9. The van der Waals surface area contributed by atoms with Gasteiger partial charge in [-0.05, 0) is 74.1 Å². The quantitative estimate of drug-likeness (QED) is 0.0569. The van der Waals surface area contributed by atoms with E-state index < -0.39 is 49.9 Å². The third kappa shape index (κ3) is 10.6. The molecule has 0 saturated carbocycles. The van der Waals surface area contributed by atoms with Gasteiger partial charge in [-0.15, -0.1) is 0 Å². The van der Waals surface area contributed by atoms with Crippen molar-refractivity contribution in [2.75, 3.05) is 34.0 Å². The molecule has 0 aliphatic carbocycles. The Hall–Kier alpha value is -4.38. The number of rotatable bonds is 19. The molecule has 1 fully saturated rings. The van der Waals surface area contributed by atoms with E-state index in [2.05, 4.69) is 64.2 Å². The van der Waals surface area contributed by atoms with Crippen LogP contribution in [0.2, 0.25) is 0 Å². The van der Waals surface area contributed by atoms with E-state index in [0.717, 1.165) is 16.7 Å². The molecule has 1 unspecified atom stereocenters. The monoisotopic (exact) mass is 816 g/mol. The first kappa shape index (κ1) is 44.7. The number of H-pyrrole nitrogens is 1. The first-order valence-corrected chi connectivity index (χ1v) is 20.7. The summed E-state index contributed by atoms with van der Waals surface area (Å²) in [5.41, 5.74) is -0.175. The molecule has 1 saturated heterocycles. The summed E-state index contributed by atoms with van der Waals surface area (Å²) in [5.74, 6) is 1.37. The molecule has 5 rings (SSSR count).